The van der Waals surface area contributed by atoms with Gasteiger partial charge in [0.15, 0.2) is 0 Å². The summed E-state index contributed by atoms with van der Waals surface area (Å²) in [5, 5.41) is 12.2. The van der Waals surface area contributed by atoms with E-state index in [1.54, 1.807) is 0 Å². The van der Waals surface area contributed by atoms with Crippen molar-refractivity contribution in [1.29, 1.82) is 0 Å². The van der Waals surface area contributed by atoms with Crippen LogP contribution in [-0.4, -0.2) is 42.3 Å². The van der Waals surface area contributed by atoms with Crippen LogP contribution in [0, 0.1) is 5.82 Å². The number of rotatable bonds is 5. The molecule has 0 spiro atoms. The predicted octanol–water partition coefficient (Wildman–Crippen LogP) is 1.37. The van der Waals surface area contributed by atoms with Crippen LogP contribution in [-0.2, 0) is 6.54 Å². The molecule has 1 aromatic rings. The lowest BCUT2D eigenvalue weighted by Crippen LogP contribution is -2.46. The van der Waals surface area contributed by atoms with Gasteiger partial charge in [-0.2, -0.15) is 0 Å². The third kappa shape index (κ3) is 4.05. The predicted molar refractivity (Wildman–Crippen MR) is 69.8 cm³/mol. The largest absolute Gasteiger partial charge is 0.395 e. The normalized spacial score (nSPS) is 21.1. The van der Waals surface area contributed by atoms with Gasteiger partial charge in [-0.1, -0.05) is 12.1 Å². The van der Waals surface area contributed by atoms with Gasteiger partial charge in [0, 0.05) is 25.7 Å². The quantitative estimate of drug-likeness (QED) is 0.831. The Morgan fingerprint density at radius 3 is 2.83 bits per heavy atom. The summed E-state index contributed by atoms with van der Waals surface area (Å²) in [6.45, 7) is 3.81. The minimum absolute atomic E-state index is 0.181. The summed E-state index contributed by atoms with van der Waals surface area (Å²) >= 11 is 0. The minimum atomic E-state index is -0.181. The molecule has 0 aliphatic carbocycles. The van der Waals surface area contributed by atoms with Gasteiger partial charge in [-0.25, -0.2) is 4.39 Å². The van der Waals surface area contributed by atoms with E-state index in [0.29, 0.717) is 12.6 Å². The Hall–Kier alpha value is -0.970. The Morgan fingerprint density at radius 1 is 1.33 bits per heavy atom. The van der Waals surface area contributed by atoms with Crippen LogP contribution in [0.15, 0.2) is 24.3 Å². The highest BCUT2D eigenvalue weighted by Crippen LogP contribution is 2.14. The van der Waals surface area contributed by atoms with E-state index in [1.807, 2.05) is 12.1 Å². The van der Waals surface area contributed by atoms with Crippen molar-refractivity contribution in [2.75, 3.05) is 26.2 Å². The van der Waals surface area contributed by atoms with Gasteiger partial charge >= 0.3 is 0 Å². The van der Waals surface area contributed by atoms with Gasteiger partial charge in [-0.3, -0.25) is 4.90 Å². The molecular weight excluding hydrogens is 231 g/mol. The number of aliphatic hydroxyl groups excluding tert-OH is 1. The number of nitrogens with zero attached hydrogens (tertiary/aromatic N) is 1. The zero-order valence-electron chi connectivity index (χ0n) is 10.6. The van der Waals surface area contributed by atoms with Gasteiger partial charge in [0.2, 0.25) is 0 Å². The fourth-order valence-corrected chi connectivity index (χ4v) is 2.48. The van der Waals surface area contributed by atoms with E-state index in [-0.39, 0.29) is 12.4 Å². The van der Waals surface area contributed by atoms with Crippen molar-refractivity contribution < 1.29 is 9.50 Å². The maximum absolute atomic E-state index is 12.8. The molecule has 1 fully saturated rings. The fourth-order valence-electron chi connectivity index (χ4n) is 2.48. The summed E-state index contributed by atoms with van der Waals surface area (Å²) in [6, 6.07) is 7.19. The third-order valence-corrected chi connectivity index (χ3v) is 3.37. The standard InChI is InChI=1S/C14H21FN2O/c15-13-5-3-12(4-6-13)10-17-8-1-2-14(11-17)16-7-9-18/h3-6,14,16,18H,1-2,7-11H2. The molecule has 0 amide bonds. The lowest BCUT2D eigenvalue weighted by Gasteiger charge is -2.33. The molecule has 18 heavy (non-hydrogen) atoms. The highest BCUT2D eigenvalue weighted by Gasteiger charge is 2.19. The molecule has 0 radical (unpaired) electrons. The molecule has 0 saturated carbocycles. The molecule has 2 N–H and O–H groups in total. The molecule has 1 saturated heterocycles. The summed E-state index contributed by atoms with van der Waals surface area (Å²) < 4.78 is 12.8. The fraction of sp³-hybridized carbons (Fsp3) is 0.571. The topological polar surface area (TPSA) is 35.5 Å². The van der Waals surface area contributed by atoms with E-state index in [9.17, 15) is 4.39 Å². The van der Waals surface area contributed by atoms with Crippen molar-refractivity contribution in [3.05, 3.63) is 35.6 Å². The molecule has 1 aliphatic heterocycles. The Balaban J connectivity index is 1.83. The van der Waals surface area contributed by atoms with Crippen LogP contribution < -0.4 is 5.32 Å². The van der Waals surface area contributed by atoms with Crippen LogP contribution in [0.5, 0.6) is 0 Å². The number of benzene rings is 1. The van der Waals surface area contributed by atoms with Gasteiger partial charge in [0.1, 0.15) is 5.82 Å². The molecule has 1 atom stereocenters. The lowest BCUT2D eigenvalue weighted by molar-refractivity contribution is 0.176. The first-order valence-electron chi connectivity index (χ1n) is 6.59. The molecule has 0 aromatic heterocycles. The average molecular weight is 252 g/mol. The van der Waals surface area contributed by atoms with Crippen molar-refractivity contribution in [1.82, 2.24) is 10.2 Å². The van der Waals surface area contributed by atoms with Gasteiger partial charge in [-0.05, 0) is 37.1 Å². The number of hydrogen-bond donors (Lipinski definition) is 2. The van der Waals surface area contributed by atoms with E-state index < -0.39 is 0 Å². The smallest absolute Gasteiger partial charge is 0.123 e. The number of piperidine rings is 1. The molecular formula is C14H21FN2O. The van der Waals surface area contributed by atoms with Gasteiger partial charge in [0.25, 0.3) is 0 Å². The van der Waals surface area contributed by atoms with E-state index in [1.165, 1.54) is 25.0 Å². The van der Waals surface area contributed by atoms with Crippen molar-refractivity contribution in [3.8, 4) is 0 Å². The first kappa shape index (κ1) is 13.5. The summed E-state index contributed by atoms with van der Waals surface area (Å²) in [5.41, 5.74) is 1.15. The number of aliphatic hydroxyl groups is 1. The molecule has 2 rings (SSSR count). The summed E-state index contributed by atoms with van der Waals surface area (Å²) in [4.78, 5) is 2.38. The third-order valence-electron chi connectivity index (χ3n) is 3.37. The van der Waals surface area contributed by atoms with Gasteiger partial charge in [0.05, 0.1) is 6.61 Å². The maximum Gasteiger partial charge on any atom is 0.123 e. The van der Waals surface area contributed by atoms with Crippen molar-refractivity contribution in [2.24, 2.45) is 0 Å². The second-order valence-electron chi connectivity index (χ2n) is 4.88. The van der Waals surface area contributed by atoms with E-state index in [2.05, 4.69) is 10.2 Å². The van der Waals surface area contributed by atoms with Crippen molar-refractivity contribution in [3.63, 3.8) is 0 Å². The van der Waals surface area contributed by atoms with E-state index >= 15 is 0 Å². The van der Waals surface area contributed by atoms with Crippen LogP contribution in [0.3, 0.4) is 0 Å². The summed E-state index contributed by atoms with van der Waals surface area (Å²) in [6.07, 6.45) is 2.34. The second-order valence-corrected chi connectivity index (χ2v) is 4.88. The zero-order chi connectivity index (χ0) is 12.8. The highest BCUT2D eigenvalue weighted by atomic mass is 19.1. The summed E-state index contributed by atoms with van der Waals surface area (Å²) in [7, 11) is 0. The number of likely N-dealkylation sites (tertiary alicyclic amines) is 1. The molecule has 1 unspecified atom stereocenters. The first-order valence-corrected chi connectivity index (χ1v) is 6.59. The van der Waals surface area contributed by atoms with Crippen molar-refractivity contribution in [2.45, 2.75) is 25.4 Å². The highest BCUT2D eigenvalue weighted by molar-refractivity contribution is 5.16. The Morgan fingerprint density at radius 2 is 2.11 bits per heavy atom. The Bertz CT molecular complexity index is 355. The Kier molecular flexibility index (Phi) is 5.11. The molecule has 4 heteroatoms. The number of halogens is 1. The SMILES string of the molecule is OCCNC1CCCN(Cc2ccc(F)cc2)C1. The van der Waals surface area contributed by atoms with Crippen molar-refractivity contribution >= 4 is 0 Å². The zero-order valence-corrected chi connectivity index (χ0v) is 10.6. The number of hydrogen-bond acceptors (Lipinski definition) is 3. The molecule has 0 bridgehead atoms. The Labute approximate surface area is 108 Å². The van der Waals surface area contributed by atoms with E-state index in [4.69, 9.17) is 5.11 Å². The van der Waals surface area contributed by atoms with Gasteiger partial charge < -0.3 is 10.4 Å². The number of nitrogens with one attached hydrogen (secondary N) is 1. The molecule has 1 heterocycles. The van der Waals surface area contributed by atoms with Crippen LogP contribution in [0.2, 0.25) is 0 Å². The van der Waals surface area contributed by atoms with Crippen LogP contribution >= 0.6 is 0 Å². The second kappa shape index (κ2) is 6.83. The van der Waals surface area contributed by atoms with E-state index in [0.717, 1.165) is 25.2 Å². The van der Waals surface area contributed by atoms with Crippen LogP contribution in [0.1, 0.15) is 18.4 Å². The van der Waals surface area contributed by atoms with Gasteiger partial charge in [-0.15, -0.1) is 0 Å². The lowest BCUT2D eigenvalue weighted by atomic mass is 10.0. The summed E-state index contributed by atoms with van der Waals surface area (Å²) in [5.74, 6) is -0.181. The molecule has 100 valence electrons. The monoisotopic (exact) mass is 252 g/mol. The molecule has 1 aromatic carbocycles. The van der Waals surface area contributed by atoms with Crippen LogP contribution in [0.25, 0.3) is 0 Å². The van der Waals surface area contributed by atoms with Crippen LogP contribution in [0.4, 0.5) is 4.39 Å². The molecule has 1 aliphatic rings. The minimum Gasteiger partial charge on any atom is -0.395 e. The average Bonchev–Trinajstić information content (AvgIpc) is 2.40. The molecule has 3 nitrogen and oxygen atoms in total. The first-order chi connectivity index (χ1) is 8.78. The maximum atomic E-state index is 12.8.